The van der Waals surface area contributed by atoms with Gasteiger partial charge in [0, 0.05) is 17.8 Å². The number of imide groups is 1. The van der Waals surface area contributed by atoms with Crippen molar-refractivity contribution in [2.75, 3.05) is 37.7 Å². The highest BCUT2D eigenvalue weighted by Gasteiger charge is 2.55. The van der Waals surface area contributed by atoms with Crippen LogP contribution >= 0.6 is 0 Å². The van der Waals surface area contributed by atoms with Gasteiger partial charge in [-0.15, -0.1) is 0 Å². The molecule has 2 atom stereocenters. The molecule has 3 amide bonds. The van der Waals surface area contributed by atoms with Crippen molar-refractivity contribution in [1.29, 1.82) is 0 Å². The normalized spacial score (nSPS) is 30.1. The topological polar surface area (TPSA) is 71.2 Å². The van der Waals surface area contributed by atoms with Crippen LogP contribution in [-0.4, -0.2) is 55.2 Å². The SMILES string of the molecule is C[C@H]1CCCC[C@@]12NC(=O)N(C[NH+]1CCN(c3cc[nH+]cc3)CC1)C2=O. The maximum atomic E-state index is 13.1. The van der Waals surface area contributed by atoms with Crippen LogP contribution in [0.4, 0.5) is 10.5 Å². The molecule has 2 aliphatic heterocycles. The number of carbonyl (C=O) groups is 2. The highest BCUT2D eigenvalue weighted by Crippen LogP contribution is 2.37. The lowest BCUT2D eigenvalue weighted by Crippen LogP contribution is -3.16. The van der Waals surface area contributed by atoms with Crippen molar-refractivity contribution in [1.82, 2.24) is 10.2 Å². The molecule has 1 aromatic heterocycles. The van der Waals surface area contributed by atoms with Gasteiger partial charge in [-0.05, 0) is 18.8 Å². The average Bonchev–Trinajstić information content (AvgIpc) is 2.90. The fraction of sp³-hybridized carbons (Fsp3) is 0.632. The maximum absolute atomic E-state index is 13.1. The number of nitrogens with one attached hydrogen (secondary N) is 3. The average molecular weight is 359 g/mol. The predicted molar refractivity (Wildman–Crippen MR) is 96.5 cm³/mol. The number of nitrogens with zero attached hydrogens (tertiary/aromatic N) is 2. The van der Waals surface area contributed by atoms with Gasteiger partial charge in [-0.25, -0.2) is 14.7 Å². The van der Waals surface area contributed by atoms with E-state index in [0.717, 1.165) is 51.9 Å². The Labute approximate surface area is 154 Å². The van der Waals surface area contributed by atoms with Gasteiger partial charge in [-0.3, -0.25) is 4.79 Å². The fourth-order valence-corrected chi connectivity index (χ4v) is 4.69. The van der Waals surface area contributed by atoms with Gasteiger partial charge in [-0.2, -0.15) is 0 Å². The zero-order valence-corrected chi connectivity index (χ0v) is 15.5. The van der Waals surface area contributed by atoms with E-state index in [4.69, 9.17) is 0 Å². The van der Waals surface area contributed by atoms with Crippen LogP contribution in [0.25, 0.3) is 0 Å². The number of quaternary nitrogens is 1. The zero-order chi connectivity index (χ0) is 18.1. The van der Waals surface area contributed by atoms with Crippen molar-refractivity contribution in [3.05, 3.63) is 24.5 Å². The number of anilines is 1. The van der Waals surface area contributed by atoms with Gasteiger partial charge >= 0.3 is 6.03 Å². The van der Waals surface area contributed by atoms with E-state index in [1.807, 2.05) is 12.4 Å². The Morgan fingerprint density at radius 2 is 1.96 bits per heavy atom. The van der Waals surface area contributed by atoms with Gasteiger partial charge in [0.1, 0.15) is 5.54 Å². The molecule has 1 spiro atoms. The number of urea groups is 1. The van der Waals surface area contributed by atoms with Crippen molar-refractivity contribution in [2.24, 2.45) is 5.92 Å². The lowest BCUT2D eigenvalue weighted by molar-refractivity contribution is -0.907. The molecule has 0 unspecified atom stereocenters. The van der Waals surface area contributed by atoms with Gasteiger partial charge in [0.2, 0.25) is 0 Å². The zero-order valence-electron chi connectivity index (χ0n) is 15.5. The largest absolute Gasteiger partial charge is 0.360 e. The Kier molecular flexibility index (Phi) is 4.56. The first kappa shape index (κ1) is 17.3. The summed E-state index contributed by atoms with van der Waals surface area (Å²) in [5.41, 5.74) is 0.574. The number of pyridine rings is 1. The predicted octanol–water partition coefficient (Wildman–Crippen LogP) is -0.336. The molecular weight excluding hydrogens is 330 g/mol. The molecule has 7 nitrogen and oxygen atoms in total. The van der Waals surface area contributed by atoms with Crippen LogP contribution in [0, 0.1) is 5.92 Å². The van der Waals surface area contributed by atoms with Crippen molar-refractivity contribution < 1.29 is 19.5 Å². The molecule has 0 aromatic carbocycles. The Morgan fingerprint density at radius 3 is 2.65 bits per heavy atom. The summed E-state index contributed by atoms with van der Waals surface area (Å²) in [6.45, 7) is 6.31. The second-order valence-electron chi connectivity index (χ2n) is 7.93. The molecule has 3 aliphatic rings. The summed E-state index contributed by atoms with van der Waals surface area (Å²) in [4.78, 5) is 33.8. The van der Waals surface area contributed by atoms with Gasteiger partial charge in [-0.1, -0.05) is 19.8 Å². The molecule has 0 radical (unpaired) electrons. The van der Waals surface area contributed by atoms with Crippen molar-refractivity contribution in [3.63, 3.8) is 0 Å². The van der Waals surface area contributed by atoms with Crippen LogP contribution in [-0.2, 0) is 4.79 Å². The minimum Gasteiger partial charge on any atom is -0.360 e. The van der Waals surface area contributed by atoms with E-state index in [-0.39, 0.29) is 17.9 Å². The first-order valence-electron chi connectivity index (χ1n) is 9.79. The van der Waals surface area contributed by atoms with Crippen LogP contribution in [0.2, 0.25) is 0 Å². The number of carbonyl (C=O) groups excluding carboxylic acids is 2. The Bertz CT molecular complexity index is 674. The number of piperazine rings is 1. The summed E-state index contributed by atoms with van der Waals surface area (Å²) in [6.07, 6.45) is 7.84. The molecule has 1 saturated carbocycles. The lowest BCUT2D eigenvalue weighted by atomic mass is 9.73. The van der Waals surface area contributed by atoms with Crippen molar-refractivity contribution in [3.8, 4) is 0 Å². The number of hydrogen-bond donors (Lipinski definition) is 2. The Balaban J connectivity index is 1.38. The second kappa shape index (κ2) is 6.87. The first-order chi connectivity index (χ1) is 12.6. The van der Waals surface area contributed by atoms with Crippen molar-refractivity contribution in [2.45, 2.75) is 38.1 Å². The number of aromatic amines is 1. The van der Waals surface area contributed by atoms with E-state index in [1.165, 1.54) is 15.5 Å². The third kappa shape index (κ3) is 2.94. The molecule has 4 rings (SSSR count). The Morgan fingerprint density at radius 1 is 1.23 bits per heavy atom. The van der Waals surface area contributed by atoms with E-state index in [0.29, 0.717) is 6.67 Å². The van der Waals surface area contributed by atoms with E-state index in [1.54, 1.807) is 0 Å². The summed E-state index contributed by atoms with van der Waals surface area (Å²) in [5, 5.41) is 3.05. The summed E-state index contributed by atoms with van der Waals surface area (Å²) in [5.74, 6) is 0.225. The van der Waals surface area contributed by atoms with Crippen LogP contribution in [0.1, 0.15) is 32.6 Å². The highest BCUT2D eigenvalue weighted by molar-refractivity contribution is 6.07. The third-order valence-corrected chi connectivity index (χ3v) is 6.42. The minimum absolute atomic E-state index is 0.00299. The molecule has 3 heterocycles. The maximum Gasteiger partial charge on any atom is 0.329 e. The van der Waals surface area contributed by atoms with E-state index < -0.39 is 5.54 Å². The monoisotopic (exact) mass is 359 g/mol. The molecule has 2 saturated heterocycles. The Hall–Kier alpha value is -2.15. The third-order valence-electron chi connectivity index (χ3n) is 6.42. The van der Waals surface area contributed by atoms with E-state index >= 15 is 0 Å². The molecular formula is C19H29N5O2+2. The molecule has 1 aliphatic carbocycles. The summed E-state index contributed by atoms with van der Waals surface area (Å²) < 4.78 is 0. The van der Waals surface area contributed by atoms with E-state index in [9.17, 15) is 9.59 Å². The van der Waals surface area contributed by atoms with E-state index in [2.05, 4.69) is 34.3 Å². The molecule has 26 heavy (non-hydrogen) atoms. The molecule has 3 fully saturated rings. The highest BCUT2D eigenvalue weighted by atomic mass is 16.2. The first-order valence-corrected chi connectivity index (χ1v) is 9.79. The second-order valence-corrected chi connectivity index (χ2v) is 7.93. The van der Waals surface area contributed by atoms with Gasteiger partial charge in [0.05, 0.1) is 26.2 Å². The van der Waals surface area contributed by atoms with Crippen LogP contribution in [0.15, 0.2) is 24.5 Å². The lowest BCUT2D eigenvalue weighted by Gasteiger charge is -2.37. The molecule has 1 aromatic rings. The van der Waals surface area contributed by atoms with Gasteiger partial charge in [0.15, 0.2) is 19.1 Å². The number of aromatic nitrogens is 1. The number of amides is 3. The summed E-state index contributed by atoms with van der Waals surface area (Å²) in [7, 11) is 0. The standard InChI is InChI=1S/C19H27N5O2/c1-15-4-2-3-7-19(15)17(25)24(18(26)21-19)14-22-10-12-23(13-11-22)16-5-8-20-9-6-16/h5-6,8-9,15H,2-4,7,10-14H2,1H3,(H,21,26)/p+2/t15-,19+/m0/s1. The number of H-pyrrole nitrogens is 1. The molecule has 7 heteroatoms. The van der Waals surface area contributed by atoms with Gasteiger partial charge < -0.3 is 15.1 Å². The number of rotatable bonds is 3. The number of hydrogen-bond acceptors (Lipinski definition) is 3. The van der Waals surface area contributed by atoms with Gasteiger partial charge in [0.25, 0.3) is 5.91 Å². The van der Waals surface area contributed by atoms with Crippen LogP contribution in [0.3, 0.4) is 0 Å². The molecule has 140 valence electrons. The molecule has 0 bridgehead atoms. The van der Waals surface area contributed by atoms with Crippen LogP contribution < -0.4 is 20.1 Å². The smallest absolute Gasteiger partial charge is 0.329 e. The molecule has 3 N–H and O–H groups in total. The van der Waals surface area contributed by atoms with Crippen LogP contribution in [0.5, 0.6) is 0 Å². The fourth-order valence-electron chi connectivity index (χ4n) is 4.69. The minimum atomic E-state index is -0.642. The summed E-state index contributed by atoms with van der Waals surface area (Å²) >= 11 is 0. The quantitative estimate of drug-likeness (QED) is 0.726. The van der Waals surface area contributed by atoms with Crippen molar-refractivity contribution >= 4 is 17.6 Å². The summed E-state index contributed by atoms with van der Waals surface area (Å²) in [6, 6.07) is 3.96.